The first-order valence-corrected chi connectivity index (χ1v) is 3.36. The average Bonchev–Trinajstić information content (AvgIpc) is 2.06. The highest BCUT2D eigenvalue weighted by atomic mass is 16.4. The molecule has 1 aliphatic carbocycles. The Hall–Kier alpha value is -1.71. The third-order valence-electron chi connectivity index (χ3n) is 1.59. The number of rotatable bonds is 0. The van der Waals surface area contributed by atoms with E-state index in [2.05, 4.69) is 16.7 Å². The van der Waals surface area contributed by atoms with Crippen molar-refractivity contribution in [2.45, 2.75) is 0 Å². The molecule has 12 heavy (non-hydrogen) atoms. The number of nitrogens with zero attached hydrogens (tertiary/aromatic N) is 2. The molecule has 0 saturated carbocycles. The SMILES string of the molecule is C=C1C(=NC)C(=N)C=C/C1=N\O. The molecule has 0 radical (unpaired) electrons. The second-order valence-electron chi connectivity index (χ2n) is 2.28. The molecule has 0 saturated heterocycles. The van der Waals surface area contributed by atoms with Gasteiger partial charge < -0.3 is 5.21 Å². The summed E-state index contributed by atoms with van der Waals surface area (Å²) < 4.78 is 0. The molecule has 0 aromatic carbocycles. The highest BCUT2D eigenvalue weighted by molar-refractivity contribution is 6.59. The summed E-state index contributed by atoms with van der Waals surface area (Å²) in [6.07, 6.45) is 3.05. The summed E-state index contributed by atoms with van der Waals surface area (Å²) in [4.78, 5) is 3.86. The fraction of sp³-hybridized carbons (Fsp3) is 0.125. The molecule has 0 spiro atoms. The summed E-state index contributed by atoms with van der Waals surface area (Å²) in [7, 11) is 1.57. The minimum absolute atomic E-state index is 0.287. The number of hydrogen-bond acceptors (Lipinski definition) is 4. The van der Waals surface area contributed by atoms with E-state index in [-0.39, 0.29) is 5.71 Å². The fourth-order valence-electron chi connectivity index (χ4n) is 0.975. The quantitative estimate of drug-likeness (QED) is 0.406. The van der Waals surface area contributed by atoms with E-state index in [0.29, 0.717) is 17.0 Å². The monoisotopic (exact) mass is 163 g/mol. The van der Waals surface area contributed by atoms with Gasteiger partial charge >= 0.3 is 0 Å². The first-order chi connectivity index (χ1) is 5.70. The molecule has 0 bridgehead atoms. The topological polar surface area (TPSA) is 68.8 Å². The third kappa shape index (κ3) is 1.18. The van der Waals surface area contributed by atoms with E-state index in [1.165, 1.54) is 12.2 Å². The van der Waals surface area contributed by atoms with E-state index in [4.69, 9.17) is 10.6 Å². The molecule has 0 aliphatic heterocycles. The van der Waals surface area contributed by atoms with Gasteiger partial charge in [-0.2, -0.15) is 0 Å². The van der Waals surface area contributed by atoms with Gasteiger partial charge in [-0.05, 0) is 12.2 Å². The van der Waals surface area contributed by atoms with E-state index in [1.54, 1.807) is 7.05 Å². The van der Waals surface area contributed by atoms with Crippen LogP contribution in [-0.4, -0.2) is 29.4 Å². The Morgan fingerprint density at radius 3 is 2.67 bits per heavy atom. The third-order valence-corrected chi connectivity index (χ3v) is 1.59. The summed E-state index contributed by atoms with van der Waals surface area (Å²) in [6.45, 7) is 3.66. The van der Waals surface area contributed by atoms with Gasteiger partial charge in [-0.3, -0.25) is 10.4 Å². The van der Waals surface area contributed by atoms with Gasteiger partial charge in [0.15, 0.2) is 0 Å². The highest BCUT2D eigenvalue weighted by Crippen LogP contribution is 2.08. The standard InChI is InChI=1S/C8H9N3O/c1-5-7(11-12)4-3-6(9)8(5)10-2/h3-4,9,12H,1H2,2H3/b9-6?,10-8?,11-7+. The van der Waals surface area contributed by atoms with Crippen molar-refractivity contribution in [1.29, 1.82) is 5.41 Å². The van der Waals surface area contributed by atoms with Crippen molar-refractivity contribution >= 4 is 17.1 Å². The second kappa shape index (κ2) is 3.13. The molecule has 4 heteroatoms. The molecule has 0 atom stereocenters. The highest BCUT2D eigenvalue weighted by Gasteiger charge is 2.17. The van der Waals surface area contributed by atoms with E-state index < -0.39 is 0 Å². The molecule has 0 unspecified atom stereocenters. The lowest BCUT2D eigenvalue weighted by Gasteiger charge is -2.11. The second-order valence-corrected chi connectivity index (χ2v) is 2.28. The predicted octanol–water partition coefficient (Wildman–Crippen LogP) is 1.03. The maximum Gasteiger partial charge on any atom is 0.111 e. The molecule has 1 aliphatic rings. The first kappa shape index (κ1) is 8.39. The molecule has 1 rings (SSSR count). The smallest absolute Gasteiger partial charge is 0.111 e. The van der Waals surface area contributed by atoms with Gasteiger partial charge in [-0.15, -0.1) is 0 Å². The van der Waals surface area contributed by atoms with Crippen molar-refractivity contribution in [2.24, 2.45) is 10.1 Å². The Balaban J connectivity index is 3.19. The Morgan fingerprint density at radius 1 is 1.50 bits per heavy atom. The largest absolute Gasteiger partial charge is 0.410 e. The van der Waals surface area contributed by atoms with Gasteiger partial charge in [-0.1, -0.05) is 11.7 Å². The van der Waals surface area contributed by atoms with E-state index >= 15 is 0 Å². The van der Waals surface area contributed by atoms with Crippen LogP contribution in [0.2, 0.25) is 0 Å². The van der Waals surface area contributed by atoms with Crippen LogP contribution in [0.25, 0.3) is 0 Å². The maximum atomic E-state index is 8.51. The zero-order chi connectivity index (χ0) is 9.14. The van der Waals surface area contributed by atoms with Crippen LogP contribution >= 0.6 is 0 Å². The molecular weight excluding hydrogens is 154 g/mol. The molecule has 4 nitrogen and oxygen atoms in total. The lowest BCUT2D eigenvalue weighted by Crippen LogP contribution is -2.22. The zero-order valence-electron chi connectivity index (χ0n) is 6.70. The van der Waals surface area contributed by atoms with Crippen LogP contribution in [0, 0.1) is 5.41 Å². The van der Waals surface area contributed by atoms with Gasteiger partial charge in [0, 0.05) is 12.6 Å². The molecular formula is C8H9N3O. The van der Waals surface area contributed by atoms with Crippen LogP contribution in [0.15, 0.2) is 34.5 Å². The van der Waals surface area contributed by atoms with Crippen molar-refractivity contribution < 1.29 is 5.21 Å². The molecule has 0 amide bonds. The molecule has 0 heterocycles. The molecule has 62 valence electrons. The van der Waals surface area contributed by atoms with Crippen LogP contribution in [-0.2, 0) is 0 Å². The van der Waals surface area contributed by atoms with E-state index in [1.807, 2.05) is 0 Å². The van der Waals surface area contributed by atoms with Crippen molar-refractivity contribution in [3.8, 4) is 0 Å². The van der Waals surface area contributed by atoms with Crippen molar-refractivity contribution in [2.75, 3.05) is 7.05 Å². The Morgan fingerprint density at radius 2 is 2.17 bits per heavy atom. The van der Waals surface area contributed by atoms with Crippen molar-refractivity contribution in [1.82, 2.24) is 0 Å². The van der Waals surface area contributed by atoms with Gasteiger partial charge in [0.1, 0.15) is 5.71 Å². The van der Waals surface area contributed by atoms with E-state index in [9.17, 15) is 0 Å². The number of aliphatic imine (C=N–C) groups is 1. The van der Waals surface area contributed by atoms with Gasteiger partial charge in [0.05, 0.1) is 11.4 Å². The summed E-state index contributed by atoms with van der Waals surface area (Å²) in [5.41, 5.74) is 1.58. The fourth-order valence-corrected chi connectivity index (χ4v) is 0.975. The Labute approximate surface area is 70.1 Å². The average molecular weight is 163 g/mol. The predicted molar refractivity (Wildman–Crippen MR) is 48.6 cm³/mol. The minimum Gasteiger partial charge on any atom is -0.410 e. The number of hydrogen-bond donors (Lipinski definition) is 2. The van der Waals surface area contributed by atoms with E-state index in [0.717, 1.165) is 0 Å². The summed E-state index contributed by atoms with van der Waals surface area (Å²) in [5.74, 6) is 0. The van der Waals surface area contributed by atoms with Crippen LogP contribution < -0.4 is 0 Å². The van der Waals surface area contributed by atoms with Crippen LogP contribution in [0.3, 0.4) is 0 Å². The summed E-state index contributed by atoms with van der Waals surface area (Å²) >= 11 is 0. The molecule has 2 N–H and O–H groups in total. The normalized spacial score (nSPS) is 24.1. The van der Waals surface area contributed by atoms with Crippen LogP contribution in [0.1, 0.15) is 0 Å². The number of nitrogens with one attached hydrogen (secondary N) is 1. The Kier molecular flexibility index (Phi) is 2.19. The molecule has 0 fully saturated rings. The Bertz CT molecular complexity index is 323. The number of oxime groups is 1. The zero-order valence-corrected chi connectivity index (χ0v) is 6.70. The van der Waals surface area contributed by atoms with Crippen molar-refractivity contribution in [3.05, 3.63) is 24.3 Å². The van der Waals surface area contributed by atoms with Gasteiger partial charge in [0.2, 0.25) is 0 Å². The molecule has 0 aromatic rings. The lowest BCUT2D eigenvalue weighted by atomic mass is 9.97. The van der Waals surface area contributed by atoms with Gasteiger partial charge in [-0.25, -0.2) is 0 Å². The van der Waals surface area contributed by atoms with Gasteiger partial charge in [0.25, 0.3) is 0 Å². The summed E-state index contributed by atoms with van der Waals surface area (Å²) in [5, 5.41) is 19.0. The lowest BCUT2D eigenvalue weighted by molar-refractivity contribution is 0.320. The minimum atomic E-state index is 0.287. The van der Waals surface area contributed by atoms with Crippen LogP contribution in [0.5, 0.6) is 0 Å². The molecule has 0 aromatic heterocycles. The first-order valence-electron chi connectivity index (χ1n) is 3.36. The van der Waals surface area contributed by atoms with Crippen molar-refractivity contribution in [3.63, 3.8) is 0 Å². The summed E-state index contributed by atoms with van der Waals surface area (Å²) in [6, 6.07) is 0. The maximum absolute atomic E-state index is 8.51. The number of allylic oxidation sites excluding steroid dienone is 3. The van der Waals surface area contributed by atoms with Crippen LogP contribution in [0.4, 0.5) is 0 Å².